The molecule has 0 spiro atoms. The molecule has 0 aromatic carbocycles. The molecule has 0 aliphatic heterocycles. The quantitative estimate of drug-likeness (QED) is 0.893. The number of pyridine rings is 1. The highest BCUT2D eigenvalue weighted by Crippen LogP contribution is 2.25. The molecule has 2 N–H and O–H groups in total. The Morgan fingerprint density at radius 3 is 2.35 bits per heavy atom. The normalized spacial score (nSPS) is 16.2. The van der Waals surface area contributed by atoms with E-state index in [-0.39, 0.29) is 20.8 Å². The summed E-state index contributed by atoms with van der Waals surface area (Å²) in [5, 5.41) is 0. The Hall–Kier alpha value is -1.38. The van der Waals surface area contributed by atoms with E-state index in [0.29, 0.717) is 5.56 Å². The highest BCUT2D eigenvalue weighted by Gasteiger charge is 2.13. The summed E-state index contributed by atoms with van der Waals surface area (Å²) >= 11 is 0. The van der Waals surface area contributed by atoms with Crippen LogP contribution in [0, 0.1) is 5.92 Å². The van der Waals surface area contributed by atoms with Gasteiger partial charge in [-0.15, -0.1) is 0 Å². The molecule has 114 valence electrons. The molecule has 0 saturated heterocycles. The van der Waals surface area contributed by atoms with Gasteiger partial charge < -0.3 is 5.73 Å². The lowest BCUT2D eigenvalue weighted by Gasteiger charge is -2.19. The monoisotopic (exact) mass is 278 g/mol. The third kappa shape index (κ3) is 5.72. The van der Waals surface area contributed by atoms with Crippen molar-refractivity contribution < 1.29 is 4.79 Å². The van der Waals surface area contributed by atoms with Gasteiger partial charge in [-0.1, -0.05) is 59.8 Å². The van der Waals surface area contributed by atoms with Gasteiger partial charge >= 0.3 is 0 Å². The topological polar surface area (TPSA) is 56.0 Å². The Morgan fingerprint density at radius 2 is 1.75 bits per heavy atom. The fourth-order valence-electron chi connectivity index (χ4n) is 2.78. The number of hydrogen-bond acceptors (Lipinski definition) is 2. The minimum atomic E-state index is -0.365. The molecule has 1 aromatic rings. The number of rotatable bonds is 3. The van der Waals surface area contributed by atoms with Gasteiger partial charge in [0.25, 0.3) is 0 Å². The van der Waals surface area contributed by atoms with E-state index >= 15 is 0 Å². The van der Waals surface area contributed by atoms with Crippen molar-refractivity contribution in [3.63, 3.8) is 0 Å². The lowest BCUT2D eigenvalue weighted by Crippen LogP contribution is -2.13. The molecule has 3 nitrogen and oxygen atoms in total. The Balaban J connectivity index is 0.00000180. The van der Waals surface area contributed by atoms with Gasteiger partial charge in [0.15, 0.2) is 0 Å². The summed E-state index contributed by atoms with van der Waals surface area (Å²) in [7, 11) is 0. The summed E-state index contributed by atoms with van der Waals surface area (Å²) in [6, 6.07) is 3.53. The highest BCUT2D eigenvalue weighted by molar-refractivity contribution is 5.92. The first-order chi connectivity index (χ1) is 8.75. The van der Waals surface area contributed by atoms with Crippen molar-refractivity contribution in [3.05, 3.63) is 29.6 Å². The molecule has 1 saturated carbocycles. The molecule has 0 bridgehead atoms. The van der Waals surface area contributed by atoms with Crippen LogP contribution in [0.3, 0.4) is 0 Å². The van der Waals surface area contributed by atoms with E-state index < -0.39 is 0 Å². The van der Waals surface area contributed by atoms with Crippen molar-refractivity contribution in [2.75, 3.05) is 0 Å². The highest BCUT2D eigenvalue weighted by atomic mass is 16.1. The van der Waals surface area contributed by atoms with Crippen LogP contribution in [0.25, 0.3) is 0 Å². The SMILES string of the molecule is C.C.NC(=O)c1ccnc(CC2CCCCCCC2)c1. The van der Waals surface area contributed by atoms with E-state index in [1.807, 2.05) is 6.07 Å². The molecule has 1 aliphatic carbocycles. The van der Waals surface area contributed by atoms with Crippen molar-refractivity contribution in [3.8, 4) is 0 Å². The maximum atomic E-state index is 11.1. The summed E-state index contributed by atoms with van der Waals surface area (Å²) in [5.41, 5.74) is 6.88. The molecule has 1 amide bonds. The zero-order chi connectivity index (χ0) is 12.8. The number of nitrogens with zero attached hydrogens (tertiary/aromatic N) is 1. The van der Waals surface area contributed by atoms with Crippen LogP contribution in [0.2, 0.25) is 0 Å². The molecule has 0 unspecified atom stereocenters. The molecule has 20 heavy (non-hydrogen) atoms. The first kappa shape index (κ1) is 18.6. The average molecular weight is 278 g/mol. The fraction of sp³-hybridized carbons (Fsp3) is 0.647. The minimum Gasteiger partial charge on any atom is -0.366 e. The van der Waals surface area contributed by atoms with Crippen LogP contribution < -0.4 is 5.73 Å². The van der Waals surface area contributed by atoms with E-state index in [0.717, 1.165) is 18.0 Å². The van der Waals surface area contributed by atoms with Crippen LogP contribution in [0.1, 0.15) is 75.9 Å². The second-order valence-electron chi connectivity index (χ2n) is 5.32. The van der Waals surface area contributed by atoms with Crippen LogP contribution in [0.4, 0.5) is 0 Å². The number of carbonyl (C=O) groups excluding carboxylic acids is 1. The van der Waals surface area contributed by atoms with Gasteiger partial charge in [-0.2, -0.15) is 0 Å². The molecule has 0 atom stereocenters. The van der Waals surface area contributed by atoms with Crippen molar-refractivity contribution in [1.29, 1.82) is 0 Å². The second kappa shape index (κ2) is 9.51. The molecule has 1 fully saturated rings. The summed E-state index contributed by atoms with van der Waals surface area (Å²) in [4.78, 5) is 15.5. The Morgan fingerprint density at radius 1 is 1.15 bits per heavy atom. The van der Waals surface area contributed by atoms with Gasteiger partial charge in [-0.3, -0.25) is 9.78 Å². The lowest BCUT2D eigenvalue weighted by molar-refractivity contribution is 0.1000. The first-order valence-electron chi connectivity index (χ1n) is 7.00. The van der Waals surface area contributed by atoms with E-state index in [9.17, 15) is 4.79 Å². The predicted octanol–water partition coefficient (Wildman–Crippen LogP) is 4.36. The van der Waals surface area contributed by atoms with E-state index in [4.69, 9.17) is 5.73 Å². The molecule has 3 heteroatoms. The summed E-state index contributed by atoms with van der Waals surface area (Å²) < 4.78 is 0. The third-order valence-corrected chi connectivity index (χ3v) is 3.82. The molecular formula is C17H30N2O. The van der Waals surface area contributed by atoms with Crippen molar-refractivity contribution in [1.82, 2.24) is 4.98 Å². The van der Waals surface area contributed by atoms with Gasteiger partial charge in [0, 0.05) is 17.5 Å². The number of carbonyl (C=O) groups is 1. The summed E-state index contributed by atoms with van der Waals surface area (Å²) in [6.07, 6.45) is 12.1. The van der Waals surface area contributed by atoms with Crippen LogP contribution in [0.15, 0.2) is 18.3 Å². The molecule has 1 heterocycles. The second-order valence-corrected chi connectivity index (χ2v) is 5.32. The number of aromatic nitrogens is 1. The minimum absolute atomic E-state index is 0. The standard InChI is InChI=1S/C15H22N2O.2CH4/c16-15(18)13-8-9-17-14(11-13)10-12-6-4-2-1-3-5-7-12;;/h8-9,11-12H,1-7,10H2,(H2,16,18);2*1H4. The first-order valence-corrected chi connectivity index (χ1v) is 7.00. The summed E-state index contributed by atoms with van der Waals surface area (Å²) in [6.45, 7) is 0. The fourth-order valence-corrected chi connectivity index (χ4v) is 2.78. The van der Waals surface area contributed by atoms with Gasteiger partial charge in [0.1, 0.15) is 0 Å². The van der Waals surface area contributed by atoms with Gasteiger partial charge in [0.2, 0.25) is 5.91 Å². The molecular weight excluding hydrogens is 248 g/mol. The number of nitrogens with two attached hydrogens (primary N) is 1. The maximum absolute atomic E-state index is 11.1. The molecule has 1 aromatic heterocycles. The van der Waals surface area contributed by atoms with Crippen molar-refractivity contribution >= 4 is 5.91 Å². The third-order valence-electron chi connectivity index (χ3n) is 3.82. The molecule has 0 radical (unpaired) electrons. The van der Waals surface area contributed by atoms with Crippen LogP contribution in [-0.2, 0) is 6.42 Å². The Kier molecular flexibility index (Phi) is 8.86. The van der Waals surface area contributed by atoms with E-state index in [1.54, 1.807) is 12.3 Å². The predicted molar refractivity (Wildman–Crippen MR) is 85.7 cm³/mol. The summed E-state index contributed by atoms with van der Waals surface area (Å²) in [5.74, 6) is 0.359. The molecule has 1 aliphatic rings. The van der Waals surface area contributed by atoms with Crippen molar-refractivity contribution in [2.24, 2.45) is 11.7 Å². The zero-order valence-corrected chi connectivity index (χ0v) is 10.9. The molecule has 2 rings (SSSR count). The smallest absolute Gasteiger partial charge is 0.248 e. The van der Waals surface area contributed by atoms with Gasteiger partial charge in [-0.05, 0) is 24.5 Å². The van der Waals surface area contributed by atoms with Gasteiger partial charge in [-0.25, -0.2) is 0 Å². The lowest BCUT2D eigenvalue weighted by atomic mass is 9.88. The van der Waals surface area contributed by atoms with Crippen LogP contribution in [-0.4, -0.2) is 10.9 Å². The maximum Gasteiger partial charge on any atom is 0.248 e. The van der Waals surface area contributed by atoms with E-state index in [1.165, 1.54) is 44.9 Å². The largest absolute Gasteiger partial charge is 0.366 e. The zero-order valence-electron chi connectivity index (χ0n) is 10.9. The Bertz CT molecular complexity index is 396. The van der Waals surface area contributed by atoms with Crippen LogP contribution in [0.5, 0.6) is 0 Å². The van der Waals surface area contributed by atoms with Crippen LogP contribution >= 0.6 is 0 Å². The number of hydrogen-bond donors (Lipinski definition) is 1. The van der Waals surface area contributed by atoms with E-state index in [2.05, 4.69) is 4.98 Å². The number of primary amides is 1. The van der Waals surface area contributed by atoms with Gasteiger partial charge in [0.05, 0.1) is 0 Å². The average Bonchev–Trinajstić information content (AvgIpc) is 2.33. The number of amides is 1. The van der Waals surface area contributed by atoms with Crippen molar-refractivity contribution in [2.45, 2.75) is 66.2 Å². The Labute approximate surface area is 124 Å².